The van der Waals surface area contributed by atoms with E-state index in [1.807, 2.05) is 56.3 Å². The van der Waals surface area contributed by atoms with Crippen molar-refractivity contribution < 1.29 is 18.0 Å². The second-order valence-corrected chi connectivity index (χ2v) is 12.4. The van der Waals surface area contributed by atoms with Crippen LogP contribution in [0.4, 0.5) is 5.69 Å². The number of hydrogen-bond donors (Lipinski definition) is 1. The number of carbonyl (C=O) groups is 2. The Balaban J connectivity index is 2.34. The maximum Gasteiger partial charge on any atom is 0.244 e. The first kappa shape index (κ1) is 30.4. The summed E-state index contributed by atoms with van der Waals surface area (Å²) in [5.74, 6) is -0.614. The summed E-state index contributed by atoms with van der Waals surface area (Å²) in [6.07, 6.45) is 3.89. The van der Waals surface area contributed by atoms with Gasteiger partial charge in [-0.2, -0.15) is 0 Å². The largest absolute Gasteiger partial charge is 0.354 e. The van der Waals surface area contributed by atoms with Gasteiger partial charge in [0.05, 0.1) is 11.9 Å². The lowest BCUT2D eigenvalue weighted by atomic mass is 9.87. The zero-order valence-corrected chi connectivity index (χ0v) is 24.0. The summed E-state index contributed by atoms with van der Waals surface area (Å²) in [6.45, 7) is 10.6. The summed E-state index contributed by atoms with van der Waals surface area (Å²) in [6, 6.07) is 16.3. The van der Waals surface area contributed by atoms with Crippen molar-refractivity contribution in [1.82, 2.24) is 10.2 Å². The van der Waals surface area contributed by atoms with Gasteiger partial charge >= 0.3 is 0 Å². The molecule has 0 saturated carbocycles. The van der Waals surface area contributed by atoms with Gasteiger partial charge in [-0.15, -0.1) is 0 Å². The first-order valence-corrected chi connectivity index (χ1v) is 14.9. The van der Waals surface area contributed by atoms with Gasteiger partial charge in [0, 0.05) is 13.1 Å². The number of anilines is 1. The van der Waals surface area contributed by atoms with Gasteiger partial charge in [0.15, 0.2) is 0 Å². The molecule has 2 aromatic rings. The molecule has 204 valence electrons. The fourth-order valence-electron chi connectivity index (χ4n) is 4.14. The van der Waals surface area contributed by atoms with E-state index in [4.69, 9.17) is 0 Å². The third-order valence-electron chi connectivity index (χ3n) is 6.40. The summed E-state index contributed by atoms with van der Waals surface area (Å²) in [5.41, 5.74) is 2.44. The smallest absolute Gasteiger partial charge is 0.244 e. The van der Waals surface area contributed by atoms with Crippen molar-refractivity contribution >= 4 is 27.5 Å². The predicted molar refractivity (Wildman–Crippen MR) is 151 cm³/mol. The third-order valence-corrected chi connectivity index (χ3v) is 7.54. The molecule has 1 atom stereocenters. The van der Waals surface area contributed by atoms with E-state index in [1.165, 1.54) is 4.90 Å². The number of amides is 2. The topological polar surface area (TPSA) is 86.8 Å². The van der Waals surface area contributed by atoms with Crippen LogP contribution in [0.3, 0.4) is 0 Å². The third kappa shape index (κ3) is 9.18. The molecule has 2 rings (SSSR count). The Morgan fingerprint density at radius 2 is 1.59 bits per heavy atom. The molecule has 0 aliphatic rings. The lowest BCUT2D eigenvalue weighted by molar-refractivity contribution is -0.139. The fourth-order valence-corrected chi connectivity index (χ4v) is 4.99. The maximum absolute atomic E-state index is 13.7. The van der Waals surface area contributed by atoms with E-state index < -0.39 is 22.0 Å². The van der Waals surface area contributed by atoms with Gasteiger partial charge in [-0.25, -0.2) is 8.42 Å². The summed E-state index contributed by atoms with van der Waals surface area (Å²) in [5, 5.41) is 2.94. The lowest BCUT2D eigenvalue weighted by Crippen LogP contribution is -2.53. The quantitative estimate of drug-likeness (QED) is 0.387. The van der Waals surface area contributed by atoms with Crippen molar-refractivity contribution in [2.24, 2.45) is 0 Å². The van der Waals surface area contributed by atoms with Gasteiger partial charge in [0.25, 0.3) is 0 Å². The highest BCUT2D eigenvalue weighted by molar-refractivity contribution is 7.92. The van der Waals surface area contributed by atoms with Gasteiger partial charge in [-0.3, -0.25) is 13.9 Å². The summed E-state index contributed by atoms with van der Waals surface area (Å²) < 4.78 is 26.7. The van der Waals surface area contributed by atoms with Crippen LogP contribution in [0.1, 0.15) is 65.0 Å². The molecule has 0 aliphatic carbocycles. The van der Waals surface area contributed by atoms with Gasteiger partial charge in [0.2, 0.25) is 21.8 Å². The zero-order chi connectivity index (χ0) is 27.6. The number of unbranched alkanes of at least 4 members (excludes halogenated alkanes) is 1. The molecule has 2 amide bonds. The van der Waals surface area contributed by atoms with E-state index in [9.17, 15) is 18.0 Å². The Kier molecular flexibility index (Phi) is 11.2. The van der Waals surface area contributed by atoms with Crippen molar-refractivity contribution in [2.75, 3.05) is 30.2 Å². The number of benzene rings is 2. The van der Waals surface area contributed by atoms with E-state index in [-0.39, 0.29) is 17.9 Å². The van der Waals surface area contributed by atoms with Crippen LogP contribution in [-0.4, -0.2) is 57.1 Å². The summed E-state index contributed by atoms with van der Waals surface area (Å²) in [4.78, 5) is 28.3. The molecule has 0 spiro atoms. The first-order chi connectivity index (χ1) is 17.4. The minimum Gasteiger partial charge on any atom is -0.354 e. The molecule has 0 heterocycles. The van der Waals surface area contributed by atoms with Crippen LogP contribution in [-0.2, 0) is 31.4 Å². The number of carbonyl (C=O) groups excluding carboxylic acids is 2. The predicted octanol–water partition coefficient (Wildman–Crippen LogP) is 4.52. The number of hydrogen-bond acceptors (Lipinski definition) is 4. The van der Waals surface area contributed by atoms with Gasteiger partial charge in [0.1, 0.15) is 12.6 Å². The average Bonchev–Trinajstić information content (AvgIpc) is 2.84. The molecule has 2 aromatic carbocycles. The number of nitrogens with zero attached hydrogens (tertiary/aromatic N) is 2. The summed E-state index contributed by atoms with van der Waals surface area (Å²) >= 11 is 0. The molecule has 0 radical (unpaired) electrons. The average molecular weight is 530 g/mol. The van der Waals surface area contributed by atoms with Crippen molar-refractivity contribution in [2.45, 2.75) is 71.8 Å². The maximum atomic E-state index is 13.7. The van der Waals surface area contributed by atoms with Crippen molar-refractivity contribution in [1.29, 1.82) is 0 Å². The molecule has 1 N–H and O–H groups in total. The monoisotopic (exact) mass is 529 g/mol. The van der Waals surface area contributed by atoms with E-state index in [0.29, 0.717) is 31.6 Å². The highest BCUT2D eigenvalue weighted by atomic mass is 32.2. The van der Waals surface area contributed by atoms with Gasteiger partial charge in [-0.05, 0) is 47.9 Å². The second kappa shape index (κ2) is 13.6. The minimum absolute atomic E-state index is 0.0853. The Morgan fingerprint density at radius 1 is 0.973 bits per heavy atom. The molecule has 0 fully saturated rings. The van der Waals surface area contributed by atoms with E-state index in [1.54, 1.807) is 12.1 Å². The molecular formula is C29H43N3O4S. The molecular weight excluding hydrogens is 486 g/mol. The standard InChI is InChI=1S/C29H43N3O4S/c1-7-9-20-30-28(34)26(8-2)31(21-19-23-13-11-10-12-14-23)27(33)22-32(37(6,35)36)25-17-15-24(16-18-25)29(3,4)5/h10-18,26H,7-9,19-22H2,1-6H3,(H,30,34)/t26-/m0/s1. The van der Waals surface area contributed by atoms with Crippen LogP contribution in [0, 0.1) is 0 Å². The molecule has 0 bridgehead atoms. The van der Waals surface area contributed by atoms with Gasteiger partial charge in [-0.1, -0.05) is 83.5 Å². The molecule has 7 nitrogen and oxygen atoms in total. The van der Waals surface area contributed by atoms with Crippen LogP contribution < -0.4 is 9.62 Å². The van der Waals surface area contributed by atoms with E-state index in [2.05, 4.69) is 26.1 Å². The molecule has 37 heavy (non-hydrogen) atoms. The van der Waals surface area contributed by atoms with Crippen LogP contribution in [0.15, 0.2) is 54.6 Å². The normalized spacial score (nSPS) is 12.6. The molecule has 0 unspecified atom stereocenters. The molecule has 0 aliphatic heterocycles. The highest BCUT2D eigenvalue weighted by Crippen LogP contribution is 2.26. The number of sulfonamides is 1. The first-order valence-electron chi connectivity index (χ1n) is 13.1. The molecule has 0 aromatic heterocycles. The van der Waals surface area contributed by atoms with Crippen LogP contribution in [0.5, 0.6) is 0 Å². The SMILES string of the molecule is CCCCNC(=O)[C@H](CC)N(CCc1ccccc1)C(=O)CN(c1ccc(C(C)(C)C)cc1)S(C)(=O)=O. The highest BCUT2D eigenvalue weighted by Gasteiger charge is 2.31. The van der Waals surface area contributed by atoms with Crippen LogP contribution in [0.2, 0.25) is 0 Å². The fraction of sp³-hybridized carbons (Fsp3) is 0.517. The molecule has 8 heteroatoms. The van der Waals surface area contributed by atoms with Crippen LogP contribution in [0.25, 0.3) is 0 Å². The summed E-state index contributed by atoms with van der Waals surface area (Å²) in [7, 11) is -3.75. The molecule has 0 saturated heterocycles. The zero-order valence-electron chi connectivity index (χ0n) is 23.2. The lowest BCUT2D eigenvalue weighted by Gasteiger charge is -2.33. The van der Waals surface area contributed by atoms with Crippen molar-refractivity contribution in [3.8, 4) is 0 Å². The van der Waals surface area contributed by atoms with Crippen molar-refractivity contribution in [3.63, 3.8) is 0 Å². The number of nitrogens with one attached hydrogen (secondary N) is 1. The Morgan fingerprint density at radius 3 is 2.11 bits per heavy atom. The minimum atomic E-state index is -3.75. The van der Waals surface area contributed by atoms with Crippen molar-refractivity contribution in [3.05, 3.63) is 65.7 Å². The van der Waals surface area contributed by atoms with Gasteiger partial charge < -0.3 is 10.2 Å². The second-order valence-electron chi connectivity index (χ2n) is 10.5. The van der Waals surface area contributed by atoms with E-state index in [0.717, 1.165) is 34.5 Å². The Labute approximate surface area is 223 Å². The Hall–Kier alpha value is -2.87. The van der Waals surface area contributed by atoms with E-state index >= 15 is 0 Å². The Bertz CT molecular complexity index is 1110. The van der Waals surface area contributed by atoms with Crippen LogP contribution >= 0.6 is 0 Å². The number of rotatable bonds is 13.